The van der Waals surface area contributed by atoms with Crippen molar-refractivity contribution in [3.05, 3.63) is 23.6 Å². The van der Waals surface area contributed by atoms with Crippen molar-refractivity contribution < 1.29 is 4.39 Å². The lowest BCUT2D eigenvalue weighted by molar-refractivity contribution is 0.435. The van der Waals surface area contributed by atoms with Crippen molar-refractivity contribution in [3.8, 4) is 0 Å². The van der Waals surface area contributed by atoms with Gasteiger partial charge < -0.3 is 10.2 Å². The predicted molar refractivity (Wildman–Crippen MR) is 86.0 cm³/mol. The third kappa shape index (κ3) is 4.40. The third-order valence-corrected chi connectivity index (χ3v) is 4.36. The molecule has 1 unspecified atom stereocenters. The Morgan fingerprint density at radius 1 is 1.33 bits per heavy atom. The zero-order valence-corrected chi connectivity index (χ0v) is 13.4. The second-order valence-corrected chi connectivity index (χ2v) is 5.96. The number of nitrogens with one attached hydrogen (secondary N) is 1. The molecular weight excluding hydrogens is 265 g/mol. The zero-order chi connectivity index (χ0) is 15.1. The Hall–Kier alpha value is -1.16. The fraction of sp³-hybridized carbons (Fsp3) is 0.706. The normalized spacial score (nSPS) is 19.6. The van der Waals surface area contributed by atoms with Gasteiger partial charge in [0.15, 0.2) is 11.6 Å². The lowest BCUT2D eigenvalue weighted by Crippen LogP contribution is -2.27. The van der Waals surface area contributed by atoms with Crippen LogP contribution >= 0.6 is 0 Å². The summed E-state index contributed by atoms with van der Waals surface area (Å²) < 4.78 is 14.6. The minimum Gasteiger partial charge on any atom is -0.354 e. The van der Waals surface area contributed by atoms with E-state index in [1.54, 1.807) is 12.3 Å². The van der Waals surface area contributed by atoms with Crippen LogP contribution in [0.1, 0.15) is 51.5 Å². The van der Waals surface area contributed by atoms with Gasteiger partial charge in [0.05, 0.1) is 0 Å². The lowest BCUT2D eigenvalue weighted by atomic mass is 9.96. The number of hydrogen-bond acceptors (Lipinski definition) is 3. The number of rotatable bonds is 6. The van der Waals surface area contributed by atoms with Crippen LogP contribution in [0, 0.1) is 11.7 Å². The van der Waals surface area contributed by atoms with Crippen LogP contribution in [0.25, 0.3) is 0 Å². The Balaban J connectivity index is 2.07. The van der Waals surface area contributed by atoms with Crippen molar-refractivity contribution in [2.75, 3.05) is 24.5 Å². The Kier molecular flexibility index (Phi) is 6.43. The van der Waals surface area contributed by atoms with Crippen LogP contribution in [0.2, 0.25) is 0 Å². The molecule has 1 N–H and O–H groups in total. The predicted octanol–water partition coefficient (Wildman–Crippen LogP) is 3.74. The maximum Gasteiger partial charge on any atom is 0.170 e. The summed E-state index contributed by atoms with van der Waals surface area (Å²) in [6.07, 6.45) is 7.85. The monoisotopic (exact) mass is 293 g/mol. The molecule has 1 aliphatic rings. The molecule has 0 spiro atoms. The second kappa shape index (κ2) is 8.32. The van der Waals surface area contributed by atoms with Crippen LogP contribution in [-0.2, 0) is 6.54 Å². The van der Waals surface area contributed by atoms with E-state index in [0.717, 1.165) is 44.0 Å². The van der Waals surface area contributed by atoms with Gasteiger partial charge in [0.25, 0.3) is 0 Å². The lowest BCUT2D eigenvalue weighted by Gasteiger charge is -2.23. The van der Waals surface area contributed by atoms with E-state index >= 15 is 0 Å². The van der Waals surface area contributed by atoms with Gasteiger partial charge in [-0.1, -0.05) is 26.7 Å². The number of pyridine rings is 1. The van der Waals surface area contributed by atoms with Crippen molar-refractivity contribution in [3.63, 3.8) is 0 Å². The van der Waals surface area contributed by atoms with E-state index in [0.29, 0.717) is 12.4 Å². The minimum absolute atomic E-state index is 0.146. The van der Waals surface area contributed by atoms with Gasteiger partial charge in [0.1, 0.15) is 0 Å². The first-order valence-electron chi connectivity index (χ1n) is 8.35. The van der Waals surface area contributed by atoms with E-state index in [9.17, 15) is 4.39 Å². The molecule has 0 aliphatic carbocycles. The van der Waals surface area contributed by atoms with Gasteiger partial charge in [-0.05, 0) is 37.8 Å². The standard InChI is InChI=1S/C17H28FN3/c1-3-6-14-7-5-11-21(12-9-14)17-16(18)15(8-10-20-17)13-19-4-2/h8,10,14,19H,3-7,9,11-13H2,1-2H3. The number of anilines is 1. The number of nitrogens with zero attached hydrogens (tertiary/aromatic N) is 2. The van der Waals surface area contributed by atoms with E-state index in [1.807, 2.05) is 6.92 Å². The fourth-order valence-electron chi connectivity index (χ4n) is 3.16. The Morgan fingerprint density at radius 2 is 2.19 bits per heavy atom. The van der Waals surface area contributed by atoms with Gasteiger partial charge in [-0.3, -0.25) is 0 Å². The van der Waals surface area contributed by atoms with Gasteiger partial charge in [-0.15, -0.1) is 0 Å². The van der Waals surface area contributed by atoms with Crippen LogP contribution in [0.4, 0.5) is 10.2 Å². The molecule has 0 bridgehead atoms. The maximum atomic E-state index is 14.6. The second-order valence-electron chi connectivity index (χ2n) is 5.96. The van der Waals surface area contributed by atoms with E-state index in [1.165, 1.54) is 19.3 Å². The van der Waals surface area contributed by atoms with Gasteiger partial charge in [0, 0.05) is 31.4 Å². The van der Waals surface area contributed by atoms with Crippen molar-refractivity contribution in [2.24, 2.45) is 5.92 Å². The molecule has 0 aromatic carbocycles. The highest BCUT2D eigenvalue weighted by Gasteiger charge is 2.20. The molecule has 1 aromatic rings. The average Bonchev–Trinajstić information content (AvgIpc) is 2.72. The van der Waals surface area contributed by atoms with Gasteiger partial charge in [-0.2, -0.15) is 0 Å². The molecule has 4 heteroatoms. The largest absolute Gasteiger partial charge is 0.354 e. The Labute approximate surface area is 127 Å². The molecule has 1 atom stereocenters. The summed E-state index contributed by atoms with van der Waals surface area (Å²) in [7, 11) is 0. The van der Waals surface area contributed by atoms with Gasteiger partial charge in [0.2, 0.25) is 0 Å². The summed E-state index contributed by atoms with van der Waals surface area (Å²) >= 11 is 0. The topological polar surface area (TPSA) is 28.2 Å². The molecule has 3 nitrogen and oxygen atoms in total. The van der Waals surface area contributed by atoms with E-state index < -0.39 is 0 Å². The quantitative estimate of drug-likeness (QED) is 0.866. The Morgan fingerprint density at radius 3 is 2.95 bits per heavy atom. The van der Waals surface area contributed by atoms with Crippen LogP contribution in [0.15, 0.2) is 12.3 Å². The summed E-state index contributed by atoms with van der Waals surface area (Å²) in [5, 5.41) is 3.19. The van der Waals surface area contributed by atoms with Crippen molar-refractivity contribution in [1.82, 2.24) is 10.3 Å². The van der Waals surface area contributed by atoms with Crippen molar-refractivity contribution >= 4 is 5.82 Å². The van der Waals surface area contributed by atoms with Gasteiger partial charge >= 0.3 is 0 Å². The summed E-state index contributed by atoms with van der Waals surface area (Å²) in [5.74, 6) is 1.20. The highest BCUT2D eigenvalue weighted by Crippen LogP contribution is 2.26. The smallest absolute Gasteiger partial charge is 0.170 e. The van der Waals surface area contributed by atoms with Crippen LogP contribution < -0.4 is 10.2 Å². The summed E-state index contributed by atoms with van der Waals surface area (Å²) in [4.78, 5) is 6.45. The van der Waals surface area contributed by atoms with Gasteiger partial charge in [-0.25, -0.2) is 9.37 Å². The minimum atomic E-state index is -0.146. The first-order chi connectivity index (χ1) is 10.3. The molecule has 2 heterocycles. The first kappa shape index (κ1) is 16.2. The SMILES string of the molecule is CCCC1CCCN(c2nccc(CNCC)c2F)CC1. The molecule has 21 heavy (non-hydrogen) atoms. The van der Waals surface area contributed by atoms with E-state index in [-0.39, 0.29) is 5.82 Å². The molecule has 0 radical (unpaired) electrons. The molecule has 1 aliphatic heterocycles. The van der Waals surface area contributed by atoms with Crippen LogP contribution in [0.3, 0.4) is 0 Å². The van der Waals surface area contributed by atoms with E-state index in [2.05, 4.69) is 22.1 Å². The molecule has 1 fully saturated rings. The number of aromatic nitrogens is 1. The summed E-state index contributed by atoms with van der Waals surface area (Å²) in [5.41, 5.74) is 0.719. The number of halogens is 1. The summed E-state index contributed by atoms with van der Waals surface area (Å²) in [6.45, 7) is 7.55. The molecule has 0 amide bonds. The maximum absolute atomic E-state index is 14.6. The first-order valence-corrected chi connectivity index (χ1v) is 8.35. The molecular formula is C17H28FN3. The molecule has 1 saturated heterocycles. The highest BCUT2D eigenvalue weighted by molar-refractivity contribution is 5.43. The van der Waals surface area contributed by atoms with E-state index in [4.69, 9.17) is 0 Å². The molecule has 118 valence electrons. The molecule has 2 rings (SSSR count). The highest BCUT2D eigenvalue weighted by atomic mass is 19.1. The van der Waals surface area contributed by atoms with Crippen LogP contribution in [-0.4, -0.2) is 24.6 Å². The van der Waals surface area contributed by atoms with Crippen molar-refractivity contribution in [1.29, 1.82) is 0 Å². The average molecular weight is 293 g/mol. The third-order valence-electron chi connectivity index (χ3n) is 4.36. The number of hydrogen-bond donors (Lipinski definition) is 1. The van der Waals surface area contributed by atoms with Crippen molar-refractivity contribution in [2.45, 2.75) is 52.5 Å². The molecule has 1 aromatic heterocycles. The Bertz CT molecular complexity index is 436. The fourth-order valence-corrected chi connectivity index (χ4v) is 3.16. The molecule has 0 saturated carbocycles. The van der Waals surface area contributed by atoms with Crippen LogP contribution in [0.5, 0.6) is 0 Å². The summed E-state index contributed by atoms with van der Waals surface area (Å²) in [6, 6.07) is 1.78. The zero-order valence-electron chi connectivity index (χ0n) is 13.4.